The normalized spacial score (nSPS) is 10.4. The number of hydrogen-bond donors (Lipinski definition) is 2. The molecule has 0 bridgehead atoms. The Balaban J connectivity index is 1.28. The molecule has 0 saturated heterocycles. The van der Waals surface area contributed by atoms with Crippen molar-refractivity contribution in [3.05, 3.63) is 120 Å². The Morgan fingerprint density at radius 2 is 1.59 bits per heavy atom. The summed E-state index contributed by atoms with van der Waals surface area (Å²) in [5, 5.41) is 5.74. The molecule has 170 valence electrons. The number of pyridine rings is 1. The van der Waals surface area contributed by atoms with Gasteiger partial charge in [0.05, 0.1) is 0 Å². The van der Waals surface area contributed by atoms with E-state index in [0.717, 1.165) is 22.6 Å². The first-order chi connectivity index (χ1) is 16.7. The molecule has 0 atom stereocenters. The molecule has 0 aliphatic rings. The van der Waals surface area contributed by atoms with Crippen LogP contribution in [-0.4, -0.2) is 16.8 Å². The number of benzene rings is 3. The third-order valence-electron chi connectivity index (χ3n) is 5.17. The Bertz CT molecular complexity index is 1230. The maximum Gasteiger partial charge on any atom is 0.251 e. The third-order valence-corrected chi connectivity index (χ3v) is 5.17. The van der Waals surface area contributed by atoms with Crippen LogP contribution in [0.5, 0.6) is 11.5 Å². The molecule has 2 amide bonds. The molecule has 0 radical (unpaired) electrons. The van der Waals surface area contributed by atoms with Crippen molar-refractivity contribution in [2.75, 3.05) is 5.32 Å². The number of rotatable bonds is 9. The number of ether oxygens (including phenoxy) is 1. The highest BCUT2D eigenvalue weighted by Gasteiger charge is 2.10. The fraction of sp³-hybridized carbons (Fsp3) is 0.107. The molecule has 4 aromatic rings. The number of anilines is 1. The second-order valence-corrected chi connectivity index (χ2v) is 7.69. The van der Waals surface area contributed by atoms with Crippen molar-refractivity contribution in [1.82, 2.24) is 10.3 Å². The minimum Gasteiger partial charge on any atom is -0.457 e. The number of hydrogen-bond acceptors (Lipinski definition) is 4. The summed E-state index contributed by atoms with van der Waals surface area (Å²) in [5.74, 6) is 1.20. The average Bonchev–Trinajstić information content (AvgIpc) is 2.88. The van der Waals surface area contributed by atoms with E-state index < -0.39 is 0 Å². The fourth-order valence-electron chi connectivity index (χ4n) is 3.39. The van der Waals surface area contributed by atoms with Gasteiger partial charge in [0.2, 0.25) is 5.91 Å². The van der Waals surface area contributed by atoms with Crippen molar-refractivity contribution < 1.29 is 14.3 Å². The molecule has 0 aliphatic heterocycles. The van der Waals surface area contributed by atoms with Crippen LogP contribution in [0.1, 0.15) is 27.9 Å². The van der Waals surface area contributed by atoms with Gasteiger partial charge in [0, 0.05) is 36.6 Å². The van der Waals surface area contributed by atoms with E-state index in [0.29, 0.717) is 30.6 Å². The van der Waals surface area contributed by atoms with E-state index >= 15 is 0 Å². The number of nitrogens with zero attached hydrogens (tertiary/aromatic N) is 1. The maximum atomic E-state index is 12.5. The second kappa shape index (κ2) is 11.4. The number of carbonyl (C=O) groups is 2. The zero-order valence-electron chi connectivity index (χ0n) is 18.6. The van der Waals surface area contributed by atoms with E-state index in [1.54, 1.807) is 36.7 Å². The first-order valence-electron chi connectivity index (χ1n) is 11.1. The van der Waals surface area contributed by atoms with Gasteiger partial charge in [-0.1, -0.05) is 42.5 Å². The Morgan fingerprint density at radius 3 is 2.35 bits per heavy atom. The van der Waals surface area contributed by atoms with Gasteiger partial charge in [-0.25, -0.2) is 0 Å². The molecule has 0 spiro atoms. The fourth-order valence-corrected chi connectivity index (χ4v) is 3.39. The lowest BCUT2D eigenvalue weighted by Gasteiger charge is -2.11. The minimum absolute atomic E-state index is 0.108. The molecule has 34 heavy (non-hydrogen) atoms. The van der Waals surface area contributed by atoms with Gasteiger partial charge in [-0.05, 0) is 66.1 Å². The summed E-state index contributed by atoms with van der Waals surface area (Å²) in [6.45, 7) is 0.403. The molecule has 0 fully saturated rings. The highest BCUT2D eigenvalue weighted by molar-refractivity contribution is 5.95. The molecular formula is C28H25N3O3. The molecule has 4 rings (SSSR count). The molecular weight excluding hydrogens is 426 g/mol. The van der Waals surface area contributed by atoms with Crippen LogP contribution in [0, 0.1) is 0 Å². The van der Waals surface area contributed by atoms with Crippen LogP contribution in [0.2, 0.25) is 0 Å². The van der Waals surface area contributed by atoms with Gasteiger partial charge >= 0.3 is 0 Å². The zero-order valence-corrected chi connectivity index (χ0v) is 18.6. The SMILES string of the molecule is O=C(CCc1ccccc1Oc1ccccc1)Nc1ccc(C(=O)NCc2cccnc2)cc1. The van der Waals surface area contributed by atoms with Crippen molar-refractivity contribution >= 4 is 17.5 Å². The van der Waals surface area contributed by atoms with Crippen molar-refractivity contribution in [3.8, 4) is 11.5 Å². The van der Waals surface area contributed by atoms with Gasteiger partial charge in [0.1, 0.15) is 11.5 Å². The lowest BCUT2D eigenvalue weighted by Crippen LogP contribution is -2.22. The summed E-state index contributed by atoms with van der Waals surface area (Å²) >= 11 is 0. The molecule has 0 aliphatic carbocycles. The smallest absolute Gasteiger partial charge is 0.251 e. The van der Waals surface area contributed by atoms with Crippen LogP contribution in [0.25, 0.3) is 0 Å². The number of amides is 2. The second-order valence-electron chi connectivity index (χ2n) is 7.69. The van der Waals surface area contributed by atoms with Crippen LogP contribution in [0.4, 0.5) is 5.69 Å². The van der Waals surface area contributed by atoms with Crippen LogP contribution >= 0.6 is 0 Å². The number of aryl methyl sites for hydroxylation is 1. The van der Waals surface area contributed by atoms with Crippen LogP contribution in [0.3, 0.4) is 0 Å². The standard InChI is InChI=1S/C28H25N3O3/c32-27(17-14-22-8-4-5-11-26(22)34-25-9-2-1-3-10-25)31-24-15-12-23(13-16-24)28(33)30-20-21-7-6-18-29-19-21/h1-13,15-16,18-19H,14,17,20H2,(H,30,33)(H,31,32). The van der Waals surface area contributed by atoms with E-state index in [9.17, 15) is 9.59 Å². The van der Waals surface area contributed by atoms with Crippen molar-refractivity contribution in [2.45, 2.75) is 19.4 Å². The molecule has 6 nitrogen and oxygen atoms in total. The van der Waals surface area contributed by atoms with E-state index in [4.69, 9.17) is 4.74 Å². The van der Waals surface area contributed by atoms with Crippen molar-refractivity contribution in [2.24, 2.45) is 0 Å². The van der Waals surface area contributed by atoms with E-state index in [1.165, 1.54) is 0 Å². The molecule has 3 aromatic carbocycles. The van der Waals surface area contributed by atoms with Gasteiger partial charge in [0.25, 0.3) is 5.91 Å². The first kappa shape index (κ1) is 22.7. The Hall–Kier alpha value is -4.45. The zero-order chi connectivity index (χ0) is 23.6. The predicted octanol–water partition coefficient (Wildman–Crippen LogP) is 5.38. The summed E-state index contributed by atoms with van der Waals surface area (Å²) < 4.78 is 5.97. The van der Waals surface area contributed by atoms with Gasteiger partial charge in [0.15, 0.2) is 0 Å². The molecule has 6 heteroatoms. The van der Waals surface area contributed by atoms with Crippen LogP contribution in [-0.2, 0) is 17.8 Å². The van der Waals surface area contributed by atoms with E-state index in [-0.39, 0.29) is 11.8 Å². The van der Waals surface area contributed by atoms with E-state index in [1.807, 2.05) is 66.7 Å². The van der Waals surface area contributed by atoms with E-state index in [2.05, 4.69) is 15.6 Å². The molecule has 2 N–H and O–H groups in total. The van der Waals surface area contributed by atoms with Crippen LogP contribution < -0.4 is 15.4 Å². The lowest BCUT2D eigenvalue weighted by atomic mass is 10.1. The highest BCUT2D eigenvalue weighted by atomic mass is 16.5. The average molecular weight is 452 g/mol. The molecule has 1 heterocycles. The quantitative estimate of drug-likeness (QED) is 0.358. The van der Waals surface area contributed by atoms with Gasteiger partial charge in [-0.15, -0.1) is 0 Å². The topological polar surface area (TPSA) is 80.3 Å². The van der Waals surface area contributed by atoms with Gasteiger partial charge < -0.3 is 15.4 Å². The van der Waals surface area contributed by atoms with Gasteiger partial charge in [-0.2, -0.15) is 0 Å². The lowest BCUT2D eigenvalue weighted by molar-refractivity contribution is -0.116. The number of para-hydroxylation sites is 2. The minimum atomic E-state index is -0.184. The summed E-state index contributed by atoms with van der Waals surface area (Å²) in [4.78, 5) is 28.9. The highest BCUT2D eigenvalue weighted by Crippen LogP contribution is 2.26. The summed E-state index contributed by atoms with van der Waals surface area (Å²) in [6, 6.07) is 27.8. The summed E-state index contributed by atoms with van der Waals surface area (Å²) in [6.07, 6.45) is 4.26. The largest absolute Gasteiger partial charge is 0.457 e. The first-order valence-corrected chi connectivity index (χ1v) is 11.1. The summed E-state index contributed by atoms with van der Waals surface area (Å²) in [5.41, 5.74) is 3.05. The molecule has 1 aromatic heterocycles. The van der Waals surface area contributed by atoms with Crippen molar-refractivity contribution in [3.63, 3.8) is 0 Å². The number of aromatic nitrogens is 1. The Morgan fingerprint density at radius 1 is 0.824 bits per heavy atom. The van der Waals surface area contributed by atoms with Crippen molar-refractivity contribution in [1.29, 1.82) is 0 Å². The third kappa shape index (κ3) is 6.53. The van der Waals surface area contributed by atoms with Crippen LogP contribution in [0.15, 0.2) is 103 Å². The monoisotopic (exact) mass is 451 g/mol. The molecule has 0 unspecified atom stereocenters. The van der Waals surface area contributed by atoms with Gasteiger partial charge in [-0.3, -0.25) is 14.6 Å². The molecule has 0 saturated carbocycles. The predicted molar refractivity (Wildman–Crippen MR) is 132 cm³/mol. The Kier molecular flexibility index (Phi) is 7.64. The number of nitrogens with one attached hydrogen (secondary N) is 2. The Labute approximate surface area is 198 Å². The maximum absolute atomic E-state index is 12.5. The number of carbonyl (C=O) groups excluding carboxylic acids is 2. The summed E-state index contributed by atoms with van der Waals surface area (Å²) in [7, 11) is 0.